The molecule has 0 saturated heterocycles. The second-order valence-corrected chi connectivity index (χ2v) is 2.64. The fourth-order valence-corrected chi connectivity index (χ4v) is 1.22. The summed E-state index contributed by atoms with van der Waals surface area (Å²) in [5.41, 5.74) is 1.19. The molecule has 1 aromatic rings. The first kappa shape index (κ1) is 6.98. The van der Waals surface area contributed by atoms with Crippen LogP contribution in [0.5, 0.6) is 0 Å². The lowest BCUT2D eigenvalue weighted by atomic mass is 10.2. The summed E-state index contributed by atoms with van der Waals surface area (Å²) in [6, 6.07) is 6.24. The third-order valence-electron chi connectivity index (χ3n) is 1.81. The summed E-state index contributed by atoms with van der Waals surface area (Å²) in [6.45, 7) is 0. The van der Waals surface area contributed by atoms with E-state index in [9.17, 15) is 9.59 Å². The predicted octanol–water partition coefficient (Wildman–Crippen LogP) is 1.26. The molecule has 2 rings (SSSR count). The summed E-state index contributed by atoms with van der Waals surface area (Å²) in [5.74, 6) is -0.0849. The first-order valence-corrected chi connectivity index (χ1v) is 3.64. The van der Waals surface area contributed by atoms with Crippen molar-refractivity contribution in [1.82, 2.24) is 0 Å². The maximum atomic E-state index is 11.1. The van der Waals surface area contributed by atoms with E-state index >= 15 is 0 Å². The Morgan fingerprint density at radius 2 is 1.83 bits per heavy atom. The first-order valence-electron chi connectivity index (χ1n) is 3.64. The van der Waals surface area contributed by atoms with Gasteiger partial charge in [0.15, 0.2) is 11.2 Å². The van der Waals surface area contributed by atoms with Gasteiger partial charge < -0.3 is 0 Å². The van der Waals surface area contributed by atoms with Crippen molar-refractivity contribution in [3.8, 4) is 0 Å². The van der Waals surface area contributed by atoms with E-state index in [1.807, 2.05) is 0 Å². The molecule has 0 saturated carbocycles. The topological polar surface area (TPSA) is 34.1 Å². The highest BCUT2D eigenvalue weighted by Gasteiger charge is 2.11. The molecule has 0 spiro atoms. The maximum Gasteiger partial charge on any atom is 0.186 e. The van der Waals surface area contributed by atoms with Gasteiger partial charge in [-0.25, -0.2) is 0 Å². The van der Waals surface area contributed by atoms with Crippen molar-refractivity contribution in [2.45, 2.75) is 0 Å². The number of carbonyl (C=O) groups is 1. The van der Waals surface area contributed by atoms with E-state index in [2.05, 4.69) is 0 Å². The lowest BCUT2D eigenvalue weighted by Gasteiger charge is -1.86. The minimum absolute atomic E-state index is 0.0849. The third kappa shape index (κ3) is 0.975. The molecule has 0 N–H and O–H groups in total. The van der Waals surface area contributed by atoms with E-state index in [0.29, 0.717) is 5.56 Å². The molecule has 2 nitrogen and oxygen atoms in total. The molecule has 58 valence electrons. The zero-order valence-corrected chi connectivity index (χ0v) is 6.28. The van der Waals surface area contributed by atoms with Crippen molar-refractivity contribution in [2.75, 3.05) is 0 Å². The van der Waals surface area contributed by atoms with Crippen molar-refractivity contribution in [1.29, 1.82) is 0 Å². The Bertz CT molecular complexity index is 430. The lowest BCUT2D eigenvalue weighted by Crippen LogP contribution is -1.96. The number of carbonyl (C=O) groups excluding carboxylic acids is 1. The number of ketones is 1. The molecule has 0 heterocycles. The summed E-state index contributed by atoms with van der Waals surface area (Å²) in [4.78, 5) is 22.1. The number of hydrogen-bond acceptors (Lipinski definition) is 2. The summed E-state index contributed by atoms with van der Waals surface area (Å²) < 4.78 is 0. The normalized spacial score (nSPS) is 13.2. The Morgan fingerprint density at radius 1 is 1.00 bits per heavy atom. The van der Waals surface area contributed by atoms with E-state index in [4.69, 9.17) is 0 Å². The van der Waals surface area contributed by atoms with Crippen LogP contribution in [0.25, 0.3) is 6.08 Å². The van der Waals surface area contributed by atoms with Gasteiger partial charge >= 0.3 is 0 Å². The molecule has 0 fully saturated rings. The second kappa shape index (κ2) is 2.41. The number of fused-ring (bicyclic) bond motifs is 1. The van der Waals surface area contributed by atoms with Crippen LogP contribution >= 0.6 is 0 Å². The molecule has 1 aliphatic carbocycles. The molecular formula is C10H6O2. The van der Waals surface area contributed by atoms with Gasteiger partial charge in [-0.15, -0.1) is 0 Å². The van der Waals surface area contributed by atoms with Crippen LogP contribution in [0.3, 0.4) is 0 Å². The Balaban J connectivity index is 2.82. The average Bonchev–Trinajstić information content (AvgIpc) is 2.31. The summed E-state index contributed by atoms with van der Waals surface area (Å²) in [6.07, 6.45) is 3.20. The highest BCUT2D eigenvalue weighted by Crippen LogP contribution is 2.15. The SMILES string of the molecule is O=C1C=Cc2cccc(=O)cc21. The van der Waals surface area contributed by atoms with Crippen LogP contribution in [0, 0.1) is 0 Å². The van der Waals surface area contributed by atoms with Crippen molar-refractivity contribution < 1.29 is 4.79 Å². The Kier molecular flexibility index (Phi) is 1.40. The van der Waals surface area contributed by atoms with Crippen LogP contribution in [0.1, 0.15) is 15.9 Å². The molecule has 0 bridgehead atoms. The van der Waals surface area contributed by atoms with Gasteiger partial charge in [0.2, 0.25) is 0 Å². The number of hydrogen-bond donors (Lipinski definition) is 0. The Morgan fingerprint density at radius 3 is 2.67 bits per heavy atom. The van der Waals surface area contributed by atoms with Gasteiger partial charge in [0.25, 0.3) is 0 Å². The molecule has 0 aliphatic heterocycles. The van der Waals surface area contributed by atoms with E-state index in [1.54, 1.807) is 18.2 Å². The molecule has 0 unspecified atom stereocenters. The number of allylic oxidation sites excluding steroid dienone is 1. The van der Waals surface area contributed by atoms with Crippen LogP contribution in [0.4, 0.5) is 0 Å². The molecule has 0 atom stereocenters. The second-order valence-electron chi connectivity index (χ2n) is 2.64. The van der Waals surface area contributed by atoms with Gasteiger partial charge in [0.1, 0.15) is 0 Å². The van der Waals surface area contributed by atoms with Crippen molar-refractivity contribution >= 4 is 11.9 Å². The van der Waals surface area contributed by atoms with Crippen LogP contribution in [-0.4, -0.2) is 5.78 Å². The van der Waals surface area contributed by atoms with Crippen LogP contribution in [-0.2, 0) is 0 Å². The monoisotopic (exact) mass is 158 g/mol. The van der Waals surface area contributed by atoms with Gasteiger partial charge in [-0.3, -0.25) is 9.59 Å². The highest BCUT2D eigenvalue weighted by molar-refractivity contribution is 6.13. The molecule has 0 radical (unpaired) electrons. The lowest BCUT2D eigenvalue weighted by molar-refractivity contribution is 0.105. The van der Waals surface area contributed by atoms with Crippen molar-refractivity contribution in [3.05, 3.63) is 51.7 Å². The summed E-state index contributed by atoms with van der Waals surface area (Å²) >= 11 is 0. The van der Waals surface area contributed by atoms with Crippen LogP contribution in [0.15, 0.2) is 35.1 Å². The first-order chi connectivity index (χ1) is 5.77. The fraction of sp³-hybridized carbons (Fsp3) is 0. The minimum atomic E-state index is -0.131. The molecule has 2 heteroatoms. The quantitative estimate of drug-likeness (QED) is 0.569. The zero-order valence-electron chi connectivity index (χ0n) is 6.28. The molecule has 1 aromatic carbocycles. The molecule has 0 amide bonds. The van der Waals surface area contributed by atoms with Crippen molar-refractivity contribution in [2.24, 2.45) is 0 Å². The minimum Gasteiger partial charge on any atom is -0.290 e. The van der Waals surface area contributed by atoms with Crippen LogP contribution in [0.2, 0.25) is 0 Å². The maximum absolute atomic E-state index is 11.1. The van der Waals surface area contributed by atoms with Gasteiger partial charge in [0.05, 0.1) is 0 Å². The van der Waals surface area contributed by atoms with E-state index in [1.165, 1.54) is 18.2 Å². The van der Waals surface area contributed by atoms with Gasteiger partial charge in [0, 0.05) is 5.56 Å². The standard InChI is InChI=1S/C10H6O2/c11-8-3-1-2-7-4-5-10(12)9(7)6-8/h1-6H. The average molecular weight is 158 g/mol. The fourth-order valence-electron chi connectivity index (χ4n) is 1.22. The van der Waals surface area contributed by atoms with Crippen molar-refractivity contribution in [3.63, 3.8) is 0 Å². The largest absolute Gasteiger partial charge is 0.290 e. The zero-order chi connectivity index (χ0) is 8.55. The van der Waals surface area contributed by atoms with Crippen LogP contribution < -0.4 is 5.43 Å². The van der Waals surface area contributed by atoms with Gasteiger partial charge in [-0.2, -0.15) is 0 Å². The van der Waals surface area contributed by atoms with E-state index in [-0.39, 0.29) is 11.2 Å². The van der Waals surface area contributed by atoms with Gasteiger partial charge in [-0.1, -0.05) is 18.2 Å². The van der Waals surface area contributed by atoms with E-state index in [0.717, 1.165) is 5.56 Å². The molecule has 0 aromatic heterocycles. The molecular weight excluding hydrogens is 152 g/mol. The molecule has 1 aliphatic rings. The summed E-state index contributed by atoms with van der Waals surface area (Å²) in [5, 5.41) is 0. The smallest absolute Gasteiger partial charge is 0.186 e. The van der Waals surface area contributed by atoms with E-state index < -0.39 is 0 Å². The third-order valence-corrected chi connectivity index (χ3v) is 1.81. The highest BCUT2D eigenvalue weighted by atomic mass is 16.1. The Hall–Kier alpha value is -1.70. The number of rotatable bonds is 0. The predicted molar refractivity (Wildman–Crippen MR) is 46.1 cm³/mol. The molecule has 12 heavy (non-hydrogen) atoms. The summed E-state index contributed by atoms with van der Waals surface area (Å²) in [7, 11) is 0. The Labute approximate surface area is 69.2 Å². The van der Waals surface area contributed by atoms with Gasteiger partial charge in [-0.05, 0) is 23.8 Å².